The minimum atomic E-state index is -0.276. The molecule has 0 aliphatic heterocycles. The lowest BCUT2D eigenvalue weighted by Gasteiger charge is -1.90. The van der Waals surface area contributed by atoms with Crippen molar-refractivity contribution in [3.63, 3.8) is 0 Å². The molecule has 0 fully saturated rings. The van der Waals surface area contributed by atoms with Gasteiger partial charge in [-0.1, -0.05) is 0 Å². The van der Waals surface area contributed by atoms with E-state index in [1.54, 1.807) is 6.92 Å². The van der Waals surface area contributed by atoms with Crippen LogP contribution in [-0.4, -0.2) is 31.5 Å². The van der Waals surface area contributed by atoms with Crippen LogP contribution in [0.25, 0.3) is 0 Å². The molecule has 6 nitrogen and oxygen atoms in total. The highest BCUT2D eigenvalue weighted by atomic mass is 16.3. The van der Waals surface area contributed by atoms with E-state index in [0.717, 1.165) is 4.68 Å². The minimum absolute atomic E-state index is 0.0949. The summed E-state index contributed by atoms with van der Waals surface area (Å²) in [7, 11) is 0. The Morgan fingerprint density at radius 2 is 2.09 bits per heavy atom. The summed E-state index contributed by atoms with van der Waals surface area (Å²) in [5.41, 5.74) is -0.276. The van der Waals surface area contributed by atoms with Gasteiger partial charge in [-0.05, 0) is 17.4 Å². The molecule has 0 unspecified atom stereocenters. The van der Waals surface area contributed by atoms with Gasteiger partial charge >= 0.3 is 5.69 Å². The lowest BCUT2D eigenvalue weighted by Crippen LogP contribution is -2.25. The van der Waals surface area contributed by atoms with Crippen molar-refractivity contribution >= 4 is 0 Å². The van der Waals surface area contributed by atoms with E-state index in [-0.39, 0.29) is 18.8 Å². The highest BCUT2D eigenvalue weighted by Gasteiger charge is 2.02. The molecule has 0 aromatic carbocycles. The lowest BCUT2D eigenvalue weighted by atomic mass is 10.7. The molecular formula is C5H10N4O2. The van der Waals surface area contributed by atoms with Gasteiger partial charge in [-0.15, -0.1) is 0 Å². The van der Waals surface area contributed by atoms with Crippen LogP contribution in [0, 0.1) is 0 Å². The summed E-state index contributed by atoms with van der Waals surface area (Å²) in [6, 6.07) is 0. The summed E-state index contributed by atoms with van der Waals surface area (Å²) in [6.07, 6.45) is 0. The van der Waals surface area contributed by atoms with Crippen LogP contribution in [-0.2, 0) is 13.1 Å². The molecule has 1 aromatic heterocycles. The Kier molecular flexibility index (Phi) is 2.37. The maximum Gasteiger partial charge on any atom is 0.363 e. The van der Waals surface area contributed by atoms with Crippen molar-refractivity contribution in [2.75, 3.05) is 6.61 Å². The molecule has 6 heteroatoms. The third-order valence-corrected chi connectivity index (χ3v) is 1.31. The van der Waals surface area contributed by atoms with Crippen LogP contribution < -0.4 is 5.69 Å². The fourth-order valence-electron chi connectivity index (χ4n) is 0.740. The molecule has 0 spiro atoms. The Balaban J connectivity index is 2.92. The van der Waals surface area contributed by atoms with Gasteiger partial charge in [-0.3, -0.25) is 0 Å². The molecular weight excluding hydrogens is 148 g/mol. The van der Waals surface area contributed by atoms with Gasteiger partial charge < -0.3 is 5.11 Å². The Morgan fingerprint density at radius 3 is 2.55 bits per heavy atom. The molecule has 1 aromatic rings. The molecule has 11 heavy (non-hydrogen) atoms. The Bertz CT molecular complexity index is 276. The monoisotopic (exact) mass is 158 g/mol. The summed E-state index contributed by atoms with van der Waals surface area (Å²) in [5.74, 6) is 0. The maximum absolute atomic E-state index is 11.1. The average Bonchev–Trinajstić information content (AvgIpc) is 2.34. The van der Waals surface area contributed by atoms with E-state index in [9.17, 15) is 4.79 Å². The van der Waals surface area contributed by atoms with Crippen molar-refractivity contribution in [1.82, 2.24) is 19.8 Å². The number of nitrogens with zero attached hydrogens (tertiary/aromatic N) is 4. The normalized spacial score (nSPS) is 10.4. The van der Waals surface area contributed by atoms with E-state index in [4.69, 9.17) is 5.11 Å². The first-order chi connectivity index (χ1) is 5.29. The van der Waals surface area contributed by atoms with E-state index in [0.29, 0.717) is 6.54 Å². The number of aliphatic hydroxyl groups excluding tert-OH is 1. The molecule has 0 aliphatic rings. The second-order valence-corrected chi connectivity index (χ2v) is 2.02. The predicted octanol–water partition coefficient (Wildman–Crippen LogP) is -1.55. The zero-order chi connectivity index (χ0) is 8.27. The number of tetrazole rings is 1. The highest BCUT2D eigenvalue weighted by molar-refractivity contribution is 4.56. The fraction of sp³-hybridized carbons (Fsp3) is 0.800. The molecule has 1 N–H and O–H groups in total. The fourth-order valence-corrected chi connectivity index (χ4v) is 0.740. The predicted molar refractivity (Wildman–Crippen MR) is 37.0 cm³/mol. The van der Waals surface area contributed by atoms with Crippen LogP contribution in [0.3, 0.4) is 0 Å². The van der Waals surface area contributed by atoms with E-state index in [2.05, 4.69) is 10.4 Å². The summed E-state index contributed by atoms with van der Waals surface area (Å²) in [5, 5.41) is 15.6. The summed E-state index contributed by atoms with van der Waals surface area (Å²) < 4.78 is 2.36. The standard InChI is InChI=1S/C5H10N4O2/c1-2-8-5(11)9(3-4-10)7-6-8/h10H,2-4H2,1H3. The number of hydrogen-bond donors (Lipinski definition) is 1. The van der Waals surface area contributed by atoms with Gasteiger partial charge in [0.25, 0.3) is 0 Å². The highest BCUT2D eigenvalue weighted by Crippen LogP contribution is 1.73. The first-order valence-electron chi connectivity index (χ1n) is 3.41. The second kappa shape index (κ2) is 3.29. The van der Waals surface area contributed by atoms with E-state index in [1.165, 1.54) is 4.68 Å². The Labute approximate surface area is 63.0 Å². The number of aryl methyl sites for hydroxylation is 1. The first-order valence-corrected chi connectivity index (χ1v) is 3.41. The van der Waals surface area contributed by atoms with Crippen LogP contribution in [0.4, 0.5) is 0 Å². The number of hydrogen-bond acceptors (Lipinski definition) is 4. The third kappa shape index (κ3) is 1.45. The van der Waals surface area contributed by atoms with Crippen LogP contribution in [0.5, 0.6) is 0 Å². The van der Waals surface area contributed by atoms with Crippen molar-refractivity contribution < 1.29 is 5.11 Å². The van der Waals surface area contributed by atoms with Gasteiger partial charge in [0.05, 0.1) is 13.2 Å². The second-order valence-electron chi connectivity index (χ2n) is 2.02. The van der Waals surface area contributed by atoms with Crippen LogP contribution in [0.2, 0.25) is 0 Å². The third-order valence-electron chi connectivity index (χ3n) is 1.31. The van der Waals surface area contributed by atoms with Gasteiger partial charge in [0.15, 0.2) is 0 Å². The molecule has 0 saturated heterocycles. The number of rotatable bonds is 3. The van der Waals surface area contributed by atoms with Gasteiger partial charge in [0.1, 0.15) is 0 Å². The van der Waals surface area contributed by atoms with Crippen LogP contribution in [0.1, 0.15) is 6.92 Å². The summed E-state index contributed by atoms with van der Waals surface area (Å²) in [6.45, 7) is 2.42. The van der Waals surface area contributed by atoms with Gasteiger partial charge in [0, 0.05) is 6.54 Å². The number of aliphatic hydroxyl groups is 1. The molecule has 0 radical (unpaired) electrons. The molecule has 0 aliphatic carbocycles. The zero-order valence-electron chi connectivity index (χ0n) is 6.27. The minimum Gasteiger partial charge on any atom is -0.394 e. The maximum atomic E-state index is 11.1. The first kappa shape index (κ1) is 7.93. The zero-order valence-corrected chi connectivity index (χ0v) is 6.27. The molecule has 0 bridgehead atoms. The van der Waals surface area contributed by atoms with E-state index >= 15 is 0 Å². The molecule has 0 amide bonds. The Morgan fingerprint density at radius 1 is 1.45 bits per heavy atom. The summed E-state index contributed by atoms with van der Waals surface area (Å²) >= 11 is 0. The van der Waals surface area contributed by atoms with Crippen molar-refractivity contribution in [1.29, 1.82) is 0 Å². The largest absolute Gasteiger partial charge is 0.394 e. The molecule has 62 valence electrons. The van der Waals surface area contributed by atoms with Gasteiger partial charge in [-0.25, -0.2) is 4.79 Å². The number of aromatic nitrogens is 4. The topological polar surface area (TPSA) is 72.9 Å². The van der Waals surface area contributed by atoms with Gasteiger partial charge in [-0.2, -0.15) is 9.36 Å². The molecule has 1 heterocycles. The van der Waals surface area contributed by atoms with Crippen LogP contribution in [0.15, 0.2) is 4.79 Å². The van der Waals surface area contributed by atoms with Crippen LogP contribution >= 0.6 is 0 Å². The van der Waals surface area contributed by atoms with Gasteiger partial charge in [0.2, 0.25) is 0 Å². The molecule has 1 rings (SSSR count). The van der Waals surface area contributed by atoms with E-state index < -0.39 is 0 Å². The van der Waals surface area contributed by atoms with Crippen molar-refractivity contribution in [3.05, 3.63) is 10.5 Å². The van der Waals surface area contributed by atoms with Crippen molar-refractivity contribution in [2.45, 2.75) is 20.0 Å². The van der Waals surface area contributed by atoms with E-state index in [1.807, 2.05) is 0 Å². The quantitative estimate of drug-likeness (QED) is 0.578. The summed E-state index contributed by atoms with van der Waals surface area (Å²) in [4.78, 5) is 11.1. The average molecular weight is 158 g/mol. The smallest absolute Gasteiger partial charge is 0.363 e. The van der Waals surface area contributed by atoms with Crippen molar-refractivity contribution in [2.24, 2.45) is 0 Å². The Hall–Kier alpha value is -1.17. The molecule has 0 saturated carbocycles. The SMILES string of the molecule is CCn1nnn(CCO)c1=O. The molecule has 0 atom stereocenters. The lowest BCUT2D eigenvalue weighted by molar-refractivity contribution is 0.266. The van der Waals surface area contributed by atoms with Crippen molar-refractivity contribution in [3.8, 4) is 0 Å².